The van der Waals surface area contributed by atoms with Gasteiger partial charge in [0.05, 0.1) is 6.42 Å². The van der Waals surface area contributed by atoms with Gasteiger partial charge in [-0.1, -0.05) is 43.4 Å². The molecule has 0 aliphatic heterocycles. The molecule has 1 N–H and O–H groups in total. The van der Waals surface area contributed by atoms with Crippen molar-refractivity contribution in [2.75, 3.05) is 6.54 Å². The van der Waals surface area contributed by atoms with E-state index in [4.69, 9.17) is 0 Å². The van der Waals surface area contributed by atoms with Crippen molar-refractivity contribution in [3.05, 3.63) is 71.0 Å². The van der Waals surface area contributed by atoms with Crippen molar-refractivity contribution >= 4 is 5.91 Å². The molecular weight excluding hydrogens is 289 g/mol. The Morgan fingerprint density at radius 2 is 1.83 bits per heavy atom. The number of rotatable bonds is 5. The van der Waals surface area contributed by atoms with E-state index in [-0.39, 0.29) is 11.7 Å². The van der Waals surface area contributed by atoms with Crippen LogP contribution in [0.1, 0.15) is 36.5 Å². The number of hydrogen-bond acceptors (Lipinski definition) is 1. The van der Waals surface area contributed by atoms with Crippen LogP contribution in [0.5, 0.6) is 0 Å². The quantitative estimate of drug-likeness (QED) is 0.662. The van der Waals surface area contributed by atoms with Crippen LogP contribution < -0.4 is 5.32 Å². The summed E-state index contributed by atoms with van der Waals surface area (Å²) in [5.41, 5.74) is 2.46. The normalized spacial score (nSPS) is 9.83. The van der Waals surface area contributed by atoms with Crippen LogP contribution in [0.2, 0.25) is 0 Å². The summed E-state index contributed by atoms with van der Waals surface area (Å²) in [4.78, 5) is 12.0. The van der Waals surface area contributed by atoms with Crippen molar-refractivity contribution in [3.63, 3.8) is 0 Å². The van der Waals surface area contributed by atoms with E-state index in [1.807, 2.05) is 24.3 Å². The molecule has 2 aromatic carbocycles. The van der Waals surface area contributed by atoms with Crippen molar-refractivity contribution in [1.29, 1.82) is 0 Å². The van der Waals surface area contributed by atoms with Crippen molar-refractivity contribution in [3.8, 4) is 11.8 Å². The molecule has 0 saturated heterocycles. The predicted molar refractivity (Wildman–Crippen MR) is 90.4 cm³/mol. The van der Waals surface area contributed by atoms with Gasteiger partial charge < -0.3 is 5.32 Å². The van der Waals surface area contributed by atoms with Crippen LogP contribution in [0.3, 0.4) is 0 Å². The molecule has 0 aliphatic rings. The molecule has 0 aromatic heterocycles. The molecule has 118 valence electrons. The number of halogens is 1. The van der Waals surface area contributed by atoms with Crippen LogP contribution in [-0.4, -0.2) is 12.5 Å². The second kappa shape index (κ2) is 8.75. The first-order valence-corrected chi connectivity index (χ1v) is 7.81. The predicted octanol–water partition coefficient (Wildman–Crippen LogP) is 3.68. The number of amides is 1. The molecule has 2 aromatic rings. The summed E-state index contributed by atoms with van der Waals surface area (Å²) in [5, 5.41) is 2.91. The van der Waals surface area contributed by atoms with Crippen molar-refractivity contribution in [2.45, 2.75) is 26.2 Å². The van der Waals surface area contributed by atoms with Gasteiger partial charge in [-0.3, -0.25) is 4.79 Å². The van der Waals surface area contributed by atoms with Crippen molar-refractivity contribution < 1.29 is 9.18 Å². The van der Waals surface area contributed by atoms with Gasteiger partial charge in [-0.25, -0.2) is 4.39 Å². The minimum atomic E-state index is -0.278. The fourth-order valence-corrected chi connectivity index (χ4v) is 2.11. The van der Waals surface area contributed by atoms with E-state index in [0.717, 1.165) is 29.5 Å². The molecule has 23 heavy (non-hydrogen) atoms. The van der Waals surface area contributed by atoms with Crippen molar-refractivity contribution in [1.82, 2.24) is 5.32 Å². The highest BCUT2D eigenvalue weighted by molar-refractivity contribution is 5.79. The van der Waals surface area contributed by atoms with E-state index in [2.05, 4.69) is 24.1 Å². The number of benzene rings is 2. The van der Waals surface area contributed by atoms with Crippen molar-refractivity contribution in [2.24, 2.45) is 0 Å². The first-order valence-electron chi connectivity index (χ1n) is 7.81. The third-order valence-corrected chi connectivity index (χ3v) is 3.41. The molecule has 3 heteroatoms. The summed E-state index contributed by atoms with van der Waals surface area (Å²) < 4.78 is 12.9. The Bertz CT molecular complexity index is 710. The Morgan fingerprint density at radius 1 is 1.09 bits per heavy atom. The van der Waals surface area contributed by atoms with E-state index < -0.39 is 0 Å². The lowest BCUT2D eigenvalue weighted by atomic mass is 10.0. The molecule has 0 saturated carbocycles. The first kappa shape index (κ1) is 16.8. The summed E-state index contributed by atoms with van der Waals surface area (Å²) in [7, 11) is 0. The SMILES string of the molecule is CCCCNC(=O)Cc1ccccc1C#Cc1ccc(F)cc1. The third kappa shape index (κ3) is 5.60. The van der Waals surface area contributed by atoms with Gasteiger partial charge in [0, 0.05) is 17.7 Å². The number of hydrogen-bond donors (Lipinski definition) is 1. The minimum absolute atomic E-state index is 0.00878. The van der Waals surface area contributed by atoms with Gasteiger partial charge in [0.15, 0.2) is 0 Å². The molecule has 0 atom stereocenters. The monoisotopic (exact) mass is 309 g/mol. The fraction of sp³-hybridized carbons (Fsp3) is 0.250. The highest BCUT2D eigenvalue weighted by atomic mass is 19.1. The summed E-state index contributed by atoms with van der Waals surface area (Å²) >= 11 is 0. The standard InChI is InChI=1S/C20H20FNO/c1-2-3-14-22-20(23)15-18-7-5-4-6-17(18)11-8-16-9-12-19(21)13-10-16/h4-7,9-10,12-13H,2-3,14-15H2,1H3,(H,22,23). The summed E-state index contributed by atoms with van der Waals surface area (Å²) in [6.45, 7) is 2.80. The van der Waals surface area contributed by atoms with Crippen LogP contribution in [0, 0.1) is 17.7 Å². The zero-order chi connectivity index (χ0) is 16.5. The largest absolute Gasteiger partial charge is 0.356 e. The summed E-state index contributed by atoms with van der Waals surface area (Å²) in [5.74, 6) is 5.81. The molecular formula is C20H20FNO. The Kier molecular flexibility index (Phi) is 6.38. The molecule has 2 nitrogen and oxygen atoms in total. The smallest absolute Gasteiger partial charge is 0.224 e. The molecule has 0 fully saturated rings. The Labute approximate surface area is 136 Å². The summed E-state index contributed by atoms with van der Waals surface area (Å²) in [6, 6.07) is 13.7. The van der Waals surface area contributed by atoms with Crippen LogP contribution in [0.4, 0.5) is 4.39 Å². The van der Waals surface area contributed by atoms with Crippen LogP contribution in [0.25, 0.3) is 0 Å². The van der Waals surface area contributed by atoms with Gasteiger partial charge in [-0.2, -0.15) is 0 Å². The van der Waals surface area contributed by atoms with Gasteiger partial charge in [0.2, 0.25) is 5.91 Å². The second-order valence-electron chi connectivity index (χ2n) is 5.29. The van der Waals surface area contributed by atoms with E-state index in [9.17, 15) is 9.18 Å². The molecule has 0 unspecified atom stereocenters. The lowest BCUT2D eigenvalue weighted by molar-refractivity contribution is -0.120. The van der Waals surface area contributed by atoms with E-state index in [1.165, 1.54) is 12.1 Å². The van der Waals surface area contributed by atoms with Crippen LogP contribution >= 0.6 is 0 Å². The zero-order valence-electron chi connectivity index (χ0n) is 13.2. The third-order valence-electron chi connectivity index (χ3n) is 3.41. The van der Waals surface area contributed by atoms with Gasteiger partial charge in [0.25, 0.3) is 0 Å². The van der Waals surface area contributed by atoms with Gasteiger partial charge >= 0.3 is 0 Å². The minimum Gasteiger partial charge on any atom is -0.356 e. The molecule has 0 spiro atoms. The van der Waals surface area contributed by atoms with Gasteiger partial charge in [-0.05, 0) is 42.3 Å². The molecule has 0 radical (unpaired) electrons. The van der Waals surface area contributed by atoms with Crippen LogP contribution in [0.15, 0.2) is 48.5 Å². The second-order valence-corrected chi connectivity index (χ2v) is 5.29. The maximum Gasteiger partial charge on any atom is 0.224 e. The van der Waals surface area contributed by atoms with Gasteiger partial charge in [-0.15, -0.1) is 0 Å². The maximum atomic E-state index is 12.9. The molecule has 0 aliphatic carbocycles. The number of nitrogens with one attached hydrogen (secondary N) is 1. The summed E-state index contributed by atoms with van der Waals surface area (Å²) in [6.07, 6.45) is 2.36. The lowest BCUT2D eigenvalue weighted by Gasteiger charge is -2.06. The number of unbranched alkanes of at least 4 members (excludes halogenated alkanes) is 1. The average Bonchev–Trinajstić information content (AvgIpc) is 2.56. The molecule has 0 heterocycles. The first-order chi connectivity index (χ1) is 11.2. The lowest BCUT2D eigenvalue weighted by Crippen LogP contribution is -2.26. The Balaban J connectivity index is 2.09. The van der Waals surface area contributed by atoms with E-state index in [0.29, 0.717) is 13.0 Å². The molecule has 1 amide bonds. The van der Waals surface area contributed by atoms with E-state index in [1.54, 1.807) is 12.1 Å². The molecule has 2 rings (SSSR count). The van der Waals surface area contributed by atoms with Crippen LogP contribution in [-0.2, 0) is 11.2 Å². The Morgan fingerprint density at radius 3 is 2.57 bits per heavy atom. The number of carbonyl (C=O) groups excluding carboxylic acids is 1. The zero-order valence-corrected chi connectivity index (χ0v) is 13.2. The van der Waals surface area contributed by atoms with Gasteiger partial charge in [0.1, 0.15) is 5.82 Å². The topological polar surface area (TPSA) is 29.1 Å². The highest BCUT2D eigenvalue weighted by Gasteiger charge is 2.05. The highest BCUT2D eigenvalue weighted by Crippen LogP contribution is 2.09. The molecule has 0 bridgehead atoms. The average molecular weight is 309 g/mol. The van der Waals surface area contributed by atoms with E-state index >= 15 is 0 Å². The number of carbonyl (C=O) groups is 1. The maximum absolute atomic E-state index is 12.9. The Hall–Kier alpha value is -2.60. The fourth-order valence-electron chi connectivity index (χ4n) is 2.11.